The Hall–Kier alpha value is -0.0800. The van der Waals surface area contributed by atoms with Crippen molar-refractivity contribution in [2.24, 2.45) is 0 Å². The van der Waals surface area contributed by atoms with E-state index in [-0.39, 0.29) is 0 Å². The van der Waals surface area contributed by atoms with Crippen LogP contribution in [0.2, 0.25) is 0 Å². The second kappa shape index (κ2) is 6.38. The van der Waals surface area contributed by atoms with Gasteiger partial charge in [-0.2, -0.15) is 0 Å². The molecule has 1 saturated carbocycles. The van der Waals surface area contributed by atoms with Crippen LogP contribution in [0.4, 0.5) is 0 Å². The van der Waals surface area contributed by atoms with E-state index in [2.05, 4.69) is 31.0 Å². The Bertz CT molecular complexity index is 239. The highest BCUT2D eigenvalue weighted by Crippen LogP contribution is 2.33. The number of hydrogen-bond acceptors (Lipinski definition) is 2. The molecule has 1 heterocycles. The maximum atomic E-state index is 3.72. The molecule has 2 aliphatic rings. The lowest BCUT2D eigenvalue weighted by atomic mass is 9.84. The standard InChI is InChI=1S/C16H32N2/c1-4-16(5-2)13-17-14(3)12-18(16)15-10-8-6-7-9-11-15/h14-15,17H,4-13H2,1-3H3. The van der Waals surface area contributed by atoms with Crippen LogP contribution < -0.4 is 5.32 Å². The molecule has 2 heteroatoms. The zero-order chi connectivity index (χ0) is 13.0. The summed E-state index contributed by atoms with van der Waals surface area (Å²) in [6, 6.07) is 1.52. The lowest BCUT2D eigenvalue weighted by Crippen LogP contribution is -2.66. The van der Waals surface area contributed by atoms with Crippen molar-refractivity contribution in [2.75, 3.05) is 13.1 Å². The van der Waals surface area contributed by atoms with Crippen LogP contribution in [0, 0.1) is 0 Å². The normalized spacial score (nSPS) is 31.2. The third kappa shape index (κ3) is 2.91. The first-order valence-corrected chi connectivity index (χ1v) is 8.22. The first-order valence-electron chi connectivity index (χ1n) is 8.22. The Kier molecular flexibility index (Phi) is 5.08. The third-order valence-corrected chi connectivity index (χ3v) is 5.44. The summed E-state index contributed by atoms with van der Waals surface area (Å²) in [7, 11) is 0. The van der Waals surface area contributed by atoms with Crippen LogP contribution in [0.15, 0.2) is 0 Å². The summed E-state index contributed by atoms with van der Waals surface area (Å²) < 4.78 is 0. The summed E-state index contributed by atoms with van der Waals surface area (Å²) in [5.41, 5.74) is 0.432. The van der Waals surface area contributed by atoms with E-state index >= 15 is 0 Å². The summed E-state index contributed by atoms with van der Waals surface area (Å²) >= 11 is 0. The van der Waals surface area contributed by atoms with Gasteiger partial charge in [-0.05, 0) is 32.6 Å². The first kappa shape index (κ1) is 14.3. The lowest BCUT2D eigenvalue weighted by Gasteiger charge is -2.52. The van der Waals surface area contributed by atoms with Crippen molar-refractivity contribution in [1.82, 2.24) is 10.2 Å². The molecule has 1 saturated heterocycles. The average Bonchev–Trinajstić information content (AvgIpc) is 2.68. The Balaban J connectivity index is 2.12. The summed E-state index contributed by atoms with van der Waals surface area (Å²) in [5, 5.41) is 3.72. The number of nitrogens with zero attached hydrogens (tertiary/aromatic N) is 1. The molecule has 1 aliphatic carbocycles. The zero-order valence-electron chi connectivity index (χ0n) is 12.7. The summed E-state index contributed by atoms with van der Waals surface area (Å²) in [6.45, 7) is 9.55. The van der Waals surface area contributed by atoms with Crippen molar-refractivity contribution in [2.45, 2.75) is 89.8 Å². The molecule has 0 aromatic rings. The van der Waals surface area contributed by atoms with E-state index in [1.165, 1.54) is 64.5 Å². The summed E-state index contributed by atoms with van der Waals surface area (Å²) in [5.74, 6) is 0. The van der Waals surface area contributed by atoms with Gasteiger partial charge >= 0.3 is 0 Å². The monoisotopic (exact) mass is 252 g/mol. The molecule has 0 aromatic carbocycles. The van der Waals surface area contributed by atoms with Gasteiger partial charge in [-0.15, -0.1) is 0 Å². The van der Waals surface area contributed by atoms with Gasteiger partial charge in [0.15, 0.2) is 0 Å². The van der Waals surface area contributed by atoms with Crippen LogP contribution in [0.3, 0.4) is 0 Å². The van der Waals surface area contributed by atoms with Crippen LogP contribution in [0.1, 0.15) is 72.1 Å². The minimum atomic E-state index is 0.432. The number of piperazine rings is 1. The van der Waals surface area contributed by atoms with Crippen LogP contribution in [-0.2, 0) is 0 Å². The molecule has 1 aliphatic heterocycles. The second-order valence-corrected chi connectivity index (χ2v) is 6.51. The molecule has 0 aromatic heterocycles. The smallest absolute Gasteiger partial charge is 0.0332 e. The van der Waals surface area contributed by atoms with Crippen LogP contribution >= 0.6 is 0 Å². The highest BCUT2D eigenvalue weighted by molar-refractivity contribution is 4.99. The van der Waals surface area contributed by atoms with Crippen molar-refractivity contribution in [3.05, 3.63) is 0 Å². The van der Waals surface area contributed by atoms with E-state index in [9.17, 15) is 0 Å². The van der Waals surface area contributed by atoms with Crippen molar-refractivity contribution in [1.29, 1.82) is 0 Å². The molecule has 2 nitrogen and oxygen atoms in total. The molecule has 18 heavy (non-hydrogen) atoms. The molecule has 1 N–H and O–H groups in total. The van der Waals surface area contributed by atoms with E-state index in [0.717, 1.165) is 6.04 Å². The molecule has 0 amide bonds. The SMILES string of the molecule is CCC1(CC)CNC(C)CN1C1CCCCCC1. The molecular formula is C16H32N2. The van der Waals surface area contributed by atoms with Crippen molar-refractivity contribution in [3.63, 3.8) is 0 Å². The molecule has 1 unspecified atom stereocenters. The van der Waals surface area contributed by atoms with Gasteiger partial charge in [0, 0.05) is 30.7 Å². The average molecular weight is 252 g/mol. The molecular weight excluding hydrogens is 220 g/mol. The van der Waals surface area contributed by atoms with Crippen molar-refractivity contribution in [3.8, 4) is 0 Å². The Morgan fingerprint density at radius 2 is 1.67 bits per heavy atom. The van der Waals surface area contributed by atoms with Gasteiger partial charge in [0.25, 0.3) is 0 Å². The maximum absolute atomic E-state index is 3.72. The highest BCUT2D eigenvalue weighted by atomic mass is 15.3. The van der Waals surface area contributed by atoms with Gasteiger partial charge in [0.05, 0.1) is 0 Å². The fraction of sp³-hybridized carbons (Fsp3) is 1.00. The Morgan fingerprint density at radius 3 is 2.22 bits per heavy atom. The van der Waals surface area contributed by atoms with Crippen LogP contribution in [-0.4, -0.2) is 35.6 Å². The molecule has 0 spiro atoms. The maximum Gasteiger partial charge on any atom is 0.0332 e. The van der Waals surface area contributed by atoms with E-state index in [4.69, 9.17) is 0 Å². The minimum absolute atomic E-state index is 0.432. The summed E-state index contributed by atoms with van der Waals surface area (Å²) in [6.07, 6.45) is 11.3. The topological polar surface area (TPSA) is 15.3 Å². The van der Waals surface area contributed by atoms with E-state index < -0.39 is 0 Å². The number of nitrogens with one attached hydrogen (secondary N) is 1. The Labute approximate surface area is 114 Å². The zero-order valence-corrected chi connectivity index (χ0v) is 12.7. The van der Waals surface area contributed by atoms with Crippen molar-refractivity contribution >= 4 is 0 Å². The van der Waals surface area contributed by atoms with Crippen molar-refractivity contribution < 1.29 is 0 Å². The number of hydrogen-bond donors (Lipinski definition) is 1. The fourth-order valence-electron chi connectivity index (χ4n) is 4.03. The first-order chi connectivity index (χ1) is 8.72. The minimum Gasteiger partial charge on any atom is -0.311 e. The molecule has 106 valence electrons. The van der Waals surface area contributed by atoms with Crippen LogP contribution in [0.5, 0.6) is 0 Å². The highest BCUT2D eigenvalue weighted by Gasteiger charge is 2.41. The van der Waals surface area contributed by atoms with Gasteiger partial charge in [0.1, 0.15) is 0 Å². The predicted molar refractivity (Wildman–Crippen MR) is 79.0 cm³/mol. The molecule has 1 atom stereocenters. The summed E-state index contributed by atoms with van der Waals surface area (Å²) in [4.78, 5) is 2.90. The lowest BCUT2D eigenvalue weighted by molar-refractivity contribution is -0.00716. The van der Waals surface area contributed by atoms with Crippen LogP contribution in [0.25, 0.3) is 0 Å². The quantitative estimate of drug-likeness (QED) is 0.773. The predicted octanol–water partition coefficient (Wildman–Crippen LogP) is 3.56. The number of rotatable bonds is 3. The fourth-order valence-corrected chi connectivity index (χ4v) is 4.03. The molecule has 0 bridgehead atoms. The van der Waals surface area contributed by atoms with E-state index in [1.807, 2.05) is 0 Å². The van der Waals surface area contributed by atoms with E-state index in [0.29, 0.717) is 11.6 Å². The Morgan fingerprint density at radius 1 is 1.06 bits per heavy atom. The second-order valence-electron chi connectivity index (χ2n) is 6.51. The molecule has 2 fully saturated rings. The third-order valence-electron chi connectivity index (χ3n) is 5.44. The van der Waals surface area contributed by atoms with Gasteiger partial charge in [0.2, 0.25) is 0 Å². The van der Waals surface area contributed by atoms with Gasteiger partial charge < -0.3 is 5.32 Å². The van der Waals surface area contributed by atoms with Gasteiger partial charge in [-0.3, -0.25) is 4.90 Å². The van der Waals surface area contributed by atoms with Gasteiger partial charge in [-0.25, -0.2) is 0 Å². The molecule has 0 radical (unpaired) electrons. The van der Waals surface area contributed by atoms with Gasteiger partial charge in [-0.1, -0.05) is 39.5 Å². The van der Waals surface area contributed by atoms with E-state index in [1.54, 1.807) is 0 Å². The molecule has 2 rings (SSSR count). The largest absolute Gasteiger partial charge is 0.311 e.